The standard InChI is InChI=1S/C22H20F3N3O3/c1-10(12-5-4-6-13(17(12)23)20(24)25)26-21-15-9-16(22(29)30-3)19-14(7-8-31-19)18(15)27-11(2)28-21/h4-6,9-10,20H,7-8H2,1-3H3,(H,26,27,28)/t10-/m1/s1. The van der Waals surface area contributed by atoms with Gasteiger partial charge in [-0.15, -0.1) is 0 Å². The molecule has 0 unspecified atom stereocenters. The number of fused-ring (bicyclic) bond motifs is 3. The lowest BCUT2D eigenvalue weighted by Gasteiger charge is -2.19. The zero-order valence-corrected chi connectivity index (χ0v) is 17.1. The molecule has 9 heteroatoms. The van der Waals surface area contributed by atoms with Crippen LogP contribution in [-0.2, 0) is 11.2 Å². The van der Waals surface area contributed by atoms with Crippen molar-refractivity contribution in [2.24, 2.45) is 0 Å². The molecule has 1 aliphatic rings. The lowest BCUT2D eigenvalue weighted by molar-refractivity contribution is 0.0597. The first-order chi connectivity index (χ1) is 14.8. The molecular formula is C22H20F3N3O3. The van der Waals surface area contributed by atoms with E-state index in [1.807, 2.05) is 0 Å². The molecule has 162 valence electrons. The first kappa shape index (κ1) is 20.9. The van der Waals surface area contributed by atoms with Crippen LogP contribution < -0.4 is 10.1 Å². The van der Waals surface area contributed by atoms with Gasteiger partial charge >= 0.3 is 5.97 Å². The molecule has 1 N–H and O–H groups in total. The number of hydrogen-bond acceptors (Lipinski definition) is 6. The van der Waals surface area contributed by atoms with Gasteiger partial charge < -0.3 is 14.8 Å². The van der Waals surface area contributed by atoms with E-state index in [1.165, 1.54) is 19.2 Å². The Hall–Kier alpha value is -3.36. The minimum atomic E-state index is -2.92. The van der Waals surface area contributed by atoms with Crippen LogP contribution in [0, 0.1) is 12.7 Å². The van der Waals surface area contributed by atoms with Crippen LogP contribution in [0.3, 0.4) is 0 Å². The molecule has 0 spiro atoms. The number of ether oxygens (including phenoxy) is 2. The van der Waals surface area contributed by atoms with E-state index in [0.717, 1.165) is 11.6 Å². The normalized spacial score (nSPS) is 13.8. The Labute approximate surface area is 176 Å². The Kier molecular flexibility index (Phi) is 5.43. The van der Waals surface area contributed by atoms with E-state index in [0.29, 0.717) is 41.3 Å². The predicted octanol–water partition coefficient (Wildman–Crippen LogP) is 4.91. The topological polar surface area (TPSA) is 73.3 Å². The van der Waals surface area contributed by atoms with Crippen LogP contribution in [0.25, 0.3) is 10.9 Å². The third kappa shape index (κ3) is 3.64. The zero-order valence-electron chi connectivity index (χ0n) is 17.1. The summed E-state index contributed by atoms with van der Waals surface area (Å²) in [5.41, 5.74) is 1.06. The van der Waals surface area contributed by atoms with Gasteiger partial charge in [0.2, 0.25) is 0 Å². The van der Waals surface area contributed by atoms with Crippen molar-refractivity contribution in [3.63, 3.8) is 0 Å². The number of alkyl halides is 2. The molecule has 4 rings (SSSR count). The number of nitrogens with one attached hydrogen (secondary N) is 1. The summed E-state index contributed by atoms with van der Waals surface area (Å²) in [6, 6.07) is 4.79. The van der Waals surface area contributed by atoms with Gasteiger partial charge in [-0.25, -0.2) is 27.9 Å². The minimum absolute atomic E-state index is 0.0832. The summed E-state index contributed by atoms with van der Waals surface area (Å²) in [6.45, 7) is 3.77. The summed E-state index contributed by atoms with van der Waals surface area (Å²) >= 11 is 0. The Balaban J connectivity index is 1.83. The second-order valence-electron chi connectivity index (χ2n) is 7.25. The van der Waals surface area contributed by atoms with Gasteiger partial charge in [0.15, 0.2) is 0 Å². The van der Waals surface area contributed by atoms with Crippen LogP contribution in [0.4, 0.5) is 19.0 Å². The van der Waals surface area contributed by atoms with Crippen LogP contribution in [0.15, 0.2) is 24.3 Å². The maximum atomic E-state index is 14.6. The number of aryl methyl sites for hydroxylation is 1. The van der Waals surface area contributed by atoms with E-state index >= 15 is 0 Å². The molecule has 1 aromatic heterocycles. The van der Waals surface area contributed by atoms with Gasteiger partial charge in [0, 0.05) is 22.9 Å². The molecule has 0 radical (unpaired) electrons. The quantitative estimate of drug-likeness (QED) is 0.579. The van der Waals surface area contributed by atoms with Gasteiger partial charge in [-0.05, 0) is 19.9 Å². The molecule has 1 atom stereocenters. The molecule has 6 nitrogen and oxygen atoms in total. The molecule has 3 aromatic rings. The van der Waals surface area contributed by atoms with Crippen LogP contribution in [0.5, 0.6) is 5.75 Å². The van der Waals surface area contributed by atoms with E-state index < -0.39 is 29.8 Å². The fourth-order valence-electron chi connectivity index (χ4n) is 3.81. The highest BCUT2D eigenvalue weighted by Gasteiger charge is 2.27. The zero-order chi connectivity index (χ0) is 22.3. The second kappa shape index (κ2) is 8.05. The first-order valence-electron chi connectivity index (χ1n) is 9.70. The average molecular weight is 431 g/mol. The van der Waals surface area contributed by atoms with Crippen LogP contribution in [0.1, 0.15) is 52.3 Å². The van der Waals surface area contributed by atoms with Crippen molar-refractivity contribution >= 4 is 22.7 Å². The Morgan fingerprint density at radius 3 is 2.71 bits per heavy atom. The number of esters is 1. The first-order valence-corrected chi connectivity index (χ1v) is 9.70. The molecule has 0 fully saturated rings. The van der Waals surface area contributed by atoms with Crippen LogP contribution in [0.2, 0.25) is 0 Å². The molecule has 2 heterocycles. The van der Waals surface area contributed by atoms with Gasteiger partial charge in [0.05, 0.1) is 30.8 Å². The molecular weight excluding hydrogens is 411 g/mol. The van der Waals surface area contributed by atoms with E-state index in [1.54, 1.807) is 19.9 Å². The summed E-state index contributed by atoms with van der Waals surface area (Å²) < 4.78 is 51.4. The number of benzene rings is 2. The largest absolute Gasteiger partial charge is 0.492 e. The number of nitrogens with zero attached hydrogens (tertiary/aromatic N) is 2. The fraction of sp³-hybridized carbons (Fsp3) is 0.318. The Morgan fingerprint density at radius 2 is 2.00 bits per heavy atom. The maximum Gasteiger partial charge on any atom is 0.341 e. The van der Waals surface area contributed by atoms with Crippen molar-refractivity contribution < 1.29 is 27.4 Å². The summed E-state index contributed by atoms with van der Waals surface area (Å²) in [5, 5.41) is 3.63. The van der Waals surface area contributed by atoms with E-state index in [4.69, 9.17) is 9.47 Å². The monoisotopic (exact) mass is 431 g/mol. The molecule has 0 bridgehead atoms. The van der Waals surface area contributed by atoms with E-state index in [9.17, 15) is 18.0 Å². The second-order valence-corrected chi connectivity index (χ2v) is 7.25. The van der Waals surface area contributed by atoms with Crippen molar-refractivity contribution in [2.45, 2.75) is 32.7 Å². The lowest BCUT2D eigenvalue weighted by atomic mass is 10.0. The number of rotatable bonds is 5. The number of carbonyl (C=O) groups is 1. The molecule has 0 saturated heterocycles. The number of carbonyl (C=O) groups excluding carboxylic acids is 1. The van der Waals surface area contributed by atoms with Gasteiger partial charge in [-0.3, -0.25) is 0 Å². The summed E-state index contributed by atoms with van der Waals surface area (Å²) in [6.07, 6.45) is -2.35. The SMILES string of the molecule is COC(=O)c1cc2c(N[C@H](C)c3cccc(C(F)F)c3F)nc(C)nc2c2c1OCC2. The van der Waals surface area contributed by atoms with Gasteiger partial charge in [0.1, 0.15) is 28.8 Å². The van der Waals surface area contributed by atoms with Crippen molar-refractivity contribution in [3.8, 4) is 5.75 Å². The van der Waals surface area contributed by atoms with Gasteiger partial charge in [-0.2, -0.15) is 0 Å². The molecule has 31 heavy (non-hydrogen) atoms. The highest BCUT2D eigenvalue weighted by Crippen LogP contribution is 2.39. The van der Waals surface area contributed by atoms with Gasteiger partial charge in [-0.1, -0.05) is 18.2 Å². The predicted molar refractivity (Wildman–Crippen MR) is 108 cm³/mol. The maximum absolute atomic E-state index is 14.6. The van der Waals surface area contributed by atoms with Crippen LogP contribution in [-0.4, -0.2) is 29.7 Å². The smallest absolute Gasteiger partial charge is 0.341 e. The molecule has 1 aliphatic heterocycles. The third-order valence-corrected chi connectivity index (χ3v) is 5.27. The molecule has 0 saturated carbocycles. The Bertz CT molecular complexity index is 1180. The summed E-state index contributed by atoms with van der Waals surface area (Å²) in [4.78, 5) is 21.2. The van der Waals surface area contributed by atoms with Crippen molar-refractivity contribution in [2.75, 3.05) is 19.0 Å². The number of methoxy groups -OCH3 is 1. The van der Waals surface area contributed by atoms with Crippen molar-refractivity contribution in [3.05, 3.63) is 58.2 Å². The number of halogens is 3. The van der Waals surface area contributed by atoms with E-state index in [-0.39, 0.29) is 11.1 Å². The number of hydrogen-bond donors (Lipinski definition) is 1. The van der Waals surface area contributed by atoms with Crippen molar-refractivity contribution in [1.29, 1.82) is 0 Å². The fourth-order valence-corrected chi connectivity index (χ4v) is 3.81. The average Bonchev–Trinajstić information content (AvgIpc) is 3.23. The summed E-state index contributed by atoms with van der Waals surface area (Å²) in [5.74, 6) is -0.264. The van der Waals surface area contributed by atoms with E-state index in [2.05, 4.69) is 15.3 Å². The number of anilines is 1. The highest BCUT2D eigenvalue weighted by molar-refractivity contribution is 6.03. The van der Waals surface area contributed by atoms with Gasteiger partial charge in [0.25, 0.3) is 6.43 Å². The highest BCUT2D eigenvalue weighted by atomic mass is 19.3. The third-order valence-electron chi connectivity index (χ3n) is 5.27. The van der Waals surface area contributed by atoms with Crippen molar-refractivity contribution in [1.82, 2.24) is 9.97 Å². The molecule has 2 aromatic carbocycles. The number of aromatic nitrogens is 2. The molecule has 0 aliphatic carbocycles. The summed E-state index contributed by atoms with van der Waals surface area (Å²) in [7, 11) is 1.28. The Morgan fingerprint density at radius 1 is 1.26 bits per heavy atom. The minimum Gasteiger partial charge on any atom is -0.492 e. The van der Waals surface area contributed by atoms with Crippen LogP contribution >= 0.6 is 0 Å². The molecule has 0 amide bonds. The lowest BCUT2D eigenvalue weighted by Crippen LogP contribution is -2.13.